The van der Waals surface area contributed by atoms with Gasteiger partial charge in [-0.15, -0.1) is 0 Å². The molecule has 7 heteroatoms. The number of aromatic nitrogens is 5. The van der Waals surface area contributed by atoms with Crippen LogP contribution >= 0.6 is 23.2 Å². The SMILES string of the molecule is CCCn1cc(-c2nc(Cl)nc(Cl)n2)cn1. The third-order valence-corrected chi connectivity index (χ3v) is 2.26. The summed E-state index contributed by atoms with van der Waals surface area (Å²) in [7, 11) is 0. The second kappa shape index (κ2) is 4.76. The molecule has 84 valence electrons. The molecule has 0 amide bonds. The van der Waals surface area contributed by atoms with E-state index in [1.54, 1.807) is 6.20 Å². The molecule has 0 radical (unpaired) electrons. The topological polar surface area (TPSA) is 56.5 Å². The van der Waals surface area contributed by atoms with Gasteiger partial charge in [0, 0.05) is 12.7 Å². The monoisotopic (exact) mass is 257 g/mol. The summed E-state index contributed by atoms with van der Waals surface area (Å²) < 4.78 is 1.82. The van der Waals surface area contributed by atoms with Crippen molar-refractivity contribution in [1.29, 1.82) is 0 Å². The van der Waals surface area contributed by atoms with Crippen molar-refractivity contribution in [1.82, 2.24) is 24.7 Å². The average Bonchev–Trinajstić information content (AvgIpc) is 2.65. The van der Waals surface area contributed by atoms with Gasteiger partial charge in [0.25, 0.3) is 0 Å². The van der Waals surface area contributed by atoms with E-state index in [-0.39, 0.29) is 10.6 Å². The summed E-state index contributed by atoms with van der Waals surface area (Å²) in [5.74, 6) is 0.437. The van der Waals surface area contributed by atoms with Crippen LogP contribution in [0.4, 0.5) is 0 Å². The number of nitrogens with zero attached hydrogens (tertiary/aromatic N) is 5. The highest BCUT2D eigenvalue weighted by Crippen LogP contribution is 2.17. The third kappa shape index (κ3) is 2.48. The van der Waals surface area contributed by atoms with Gasteiger partial charge in [-0.25, -0.2) is 0 Å². The standard InChI is InChI=1S/C9H9Cl2N5/c1-2-3-16-5-6(4-12-16)7-13-8(10)15-9(11)14-7/h4-5H,2-3H2,1H3. The first-order valence-corrected chi connectivity index (χ1v) is 5.54. The first-order valence-electron chi connectivity index (χ1n) is 4.79. The lowest BCUT2D eigenvalue weighted by Gasteiger charge is -1.97. The molecule has 0 aliphatic carbocycles. The fraction of sp³-hybridized carbons (Fsp3) is 0.333. The first kappa shape index (κ1) is 11.3. The van der Waals surface area contributed by atoms with Crippen molar-refractivity contribution in [3.63, 3.8) is 0 Å². The maximum absolute atomic E-state index is 5.69. The Balaban J connectivity index is 2.34. The van der Waals surface area contributed by atoms with E-state index in [2.05, 4.69) is 27.0 Å². The first-order chi connectivity index (χ1) is 7.69. The summed E-state index contributed by atoms with van der Waals surface area (Å²) in [5, 5.41) is 4.34. The number of halogens is 2. The molecular formula is C9H9Cl2N5. The van der Waals surface area contributed by atoms with Crippen LogP contribution < -0.4 is 0 Å². The van der Waals surface area contributed by atoms with Gasteiger partial charge in [-0.1, -0.05) is 6.92 Å². The van der Waals surface area contributed by atoms with E-state index in [4.69, 9.17) is 23.2 Å². The molecule has 0 aliphatic rings. The molecule has 0 atom stereocenters. The number of rotatable bonds is 3. The Morgan fingerprint density at radius 1 is 1.19 bits per heavy atom. The van der Waals surface area contributed by atoms with Gasteiger partial charge in [0.2, 0.25) is 10.6 Å². The summed E-state index contributed by atoms with van der Waals surface area (Å²) in [5.41, 5.74) is 0.777. The lowest BCUT2D eigenvalue weighted by Crippen LogP contribution is -1.96. The Bertz CT molecular complexity index is 476. The Morgan fingerprint density at radius 2 is 1.88 bits per heavy atom. The van der Waals surface area contributed by atoms with Gasteiger partial charge in [0.1, 0.15) is 0 Å². The zero-order chi connectivity index (χ0) is 11.5. The van der Waals surface area contributed by atoms with Crippen molar-refractivity contribution in [2.45, 2.75) is 19.9 Å². The van der Waals surface area contributed by atoms with Crippen molar-refractivity contribution >= 4 is 23.2 Å². The Hall–Kier alpha value is -1.20. The highest BCUT2D eigenvalue weighted by atomic mass is 35.5. The smallest absolute Gasteiger partial charge is 0.227 e. The molecule has 2 heterocycles. The van der Waals surface area contributed by atoms with Crippen LogP contribution in [0.3, 0.4) is 0 Å². The minimum absolute atomic E-state index is 0.0817. The molecule has 0 N–H and O–H groups in total. The summed E-state index contributed by atoms with van der Waals surface area (Å²) in [6, 6.07) is 0. The average molecular weight is 258 g/mol. The van der Waals surface area contributed by atoms with Gasteiger partial charge >= 0.3 is 0 Å². The number of aryl methyl sites for hydroxylation is 1. The molecule has 0 saturated heterocycles. The second-order valence-corrected chi connectivity index (χ2v) is 3.87. The van der Waals surface area contributed by atoms with Crippen molar-refractivity contribution in [2.75, 3.05) is 0 Å². The second-order valence-electron chi connectivity index (χ2n) is 3.19. The normalized spacial score (nSPS) is 10.7. The van der Waals surface area contributed by atoms with Crippen molar-refractivity contribution in [3.8, 4) is 11.4 Å². The van der Waals surface area contributed by atoms with Crippen LogP contribution in [0.1, 0.15) is 13.3 Å². The minimum Gasteiger partial charge on any atom is -0.272 e. The molecule has 0 aliphatic heterocycles. The highest BCUT2D eigenvalue weighted by molar-refractivity contribution is 6.31. The molecule has 0 bridgehead atoms. The van der Waals surface area contributed by atoms with Crippen LogP contribution in [0.25, 0.3) is 11.4 Å². The fourth-order valence-electron chi connectivity index (χ4n) is 1.29. The van der Waals surface area contributed by atoms with Crippen LogP contribution in [-0.2, 0) is 6.54 Å². The molecule has 2 aromatic rings. The van der Waals surface area contributed by atoms with E-state index in [1.165, 1.54) is 0 Å². The van der Waals surface area contributed by atoms with E-state index in [0.29, 0.717) is 5.82 Å². The van der Waals surface area contributed by atoms with Crippen LogP contribution in [0.5, 0.6) is 0 Å². The van der Waals surface area contributed by atoms with Crippen molar-refractivity contribution in [3.05, 3.63) is 23.0 Å². The summed E-state index contributed by atoms with van der Waals surface area (Å²) in [4.78, 5) is 11.7. The van der Waals surface area contributed by atoms with Crippen LogP contribution in [0.15, 0.2) is 12.4 Å². The molecule has 0 unspecified atom stereocenters. The summed E-state index contributed by atoms with van der Waals surface area (Å²) >= 11 is 11.4. The van der Waals surface area contributed by atoms with Gasteiger partial charge in [-0.05, 0) is 29.6 Å². The van der Waals surface area contributed by atoms with Crippen LogP contribution in [0.2, 0.25) is 10.6 Å². The largest absolute Gasteiger partial charge is 0.272 e. The van der Waals surface area contributed by atoms with Gasteiger partial charge in [0.15, 0.2) is 5.82 Å². The van der Waals surface area contributed by atoms with Crippen LogP contribution in [-0.4, -0.2) is 24.7 Å². The molecule has 16 heavy (non-hydrogen) atoms. The zero-order valence-electron chi connectivity index (χ0n) is 8.56. The van der Waals surface area contributed by atoms with E-state index in [0.717, 1.165) is 18.5 Å². The lowest BCUT2D eigenvalue weighted by molar-refractivity contribution is 0.603. The molecule has 0 fully saturated rings. The zero-order valence-corrected chi connectivity index (χ0v) is 10.1. The van der Waals surface area contributed by atoms with E-state index in [9.17, 15) is 0 Å². The van der Waals surface area contributed by atoms with E-state index < -0.39 is 0 Å². The maximum Gasteiger partial charge on any atom is 0.227 e. The number of hydrogen-bond acceptors (Lipinski definition) is 4. The van der Waals surface area contributed by atoms with E-state index in [1.807, 2.05) is 10.9 Å². The molecule has 0 saturated carbocycles. The van der Waals surface area contributed by atoms with Crippen molar-refractivity contribution < 1.29 is 0 Å². The molecule has 0 aromatic carbocycles. The van der Waals surface area contributed by atoms with Gasteiger partial charge in [-0.3, -0.25) is 4.68 Å². The summed E-state index contributed by atoms with van der Waals surface area (Å²) in [6.07, 6.45) is 4.54. The minimum atomic E-state index is 0.0817. The van der Waals surface area contributed by atoms with Gasteiger partial charge in [-0.2, -0.15) is 20.1 Å². The molecule has 2 rings (SSSR count). The summed E-state index contributed by atoms with van der Waals surface area (Å²) in [6.45, 7) is 2.94. The molecule has 0 spiro atoms. The van der Waals surface area contributed by atoms with Gasteiger partial charge < -0.3 is 0 Å². The maximum atomic E-state index is 5.69. The van der Waals surface area contributed by atoms with Gasteiger partial charge in [0.05, 0.1) is 11.8 Å². The number of hydrogen-bond donors (Lipinski definition) is 0. The molecule has 5 nitrogen and oxygen atoms in total. The van der Waals surface area contributed by atoms with Crippen LogP contribution in [0, 0.1) is 0 Å². The van der Waals surface area contributed by atoms with Crippen molar-refractivity contribution in [2.24, 2.45) is 0 Å². The predicted molar refractivity (Wildman–Crippen MR) is 61.4 cm³/mol. The Morgan fingerprint density at radius 3 is 2.50 bits per heavy atom. The lowest BCUT2D eigenvalue weighted by atomic mass is 10.3. The quantitative estimate of drug-likeness (QED) is 0.848. The fourth-order valence-corrected chi connectivity index (χ4v) is 1.65. The molecule has 2 aromatic heterocycles. The Kier molecular flexibility index (Phi) is 3.36. The Labute approximate surface area is 102 Å². The van der Waals surface area contributed by atoms with E-state index >= 15 is 0 Å². The highest BCUT2D eigenvalue weighted by Gasteiger charge is 2.08. The molecular weight excluding hydrogens is 249 g/mol. The predicted octanol–water partition coefficient (Wildman–Crippen LogP) is 2.45. The third-order valence-electron chi connectivity index (χ3n) is 1.92.